The molecule has 2 aromatic rings. The summed E-state index contributed by atoms with van der Waals surface area (Å²) in [5.41, 5.74) is 1.73. The molecule has 1 fully saturated rings. The summed E-state index contributed by atoms with van der Waals surface area (Å²) in [5.74, 6) is -0.273. The van der Waals surface area contributed by atoms with Gasteiger partial charge in [-0.05, 0) is 50.5 Å². The number of aromatic nitrogens is 1. The summed E-state index contributed by atoms with van der Waals surface area (Å²) in [6, 6.07) is 5.88. The lowest BCUT2D eigenvalue weighted by molar-refractivity contribution is -0.119. The number of thiophene rings is 1. The molecule has 0 spiro atoms. The minimum atomic E-state index is -0.873. The highest BCUT2D eigenvalue weighted by molar-refractivity contribution is 9.10. The number of carbonyl (C=O) groups is 1. The Hall–Kier alpha value is -1.90. The number of hydrogen-bond acceptors (Lipinski definition) is 6. The first-order chi connectivity index (χ1) is 12.6. The standard InChI is InChI=1S/C18H18BrN3O3S/c19-17-14(22-4-6-25-7-5-22)1-2-15(20-17)18(12-3-8-26-11-12)10-13(23)9-16(24)21-18/h1-3,8-9,11,23H,4-7,10H2,(H,21,24). The van der Waals surface area contributed by atoms with E-state index in [1.54, 1.807) is 11.3 Å². The third-order valence-electron chi connectivity index (χ3n) is 4.71. The fourth-order valence-corrected chi connectivity index (χ4v) is 4.76. The number of rotatable bonds is 3. The van der Waals surface area contributed by atoms with Gasteiger partial charge in [-0.1, -0.05) is 0 Å². The molecule has 1 saturated heterocycles. The molecule has 4 heterocycles. The van der Waals surface area contributed by atoms with E-state index in [2.05, 4.69) is 26.1 Å². The van der Waals surface area contributed by atoms with Gasteiger partial charge in [-0.2, -0.15) is 11.3 Å². The SMILES string of the molecule is O=C1C=C(O)CC(c2ccsc2)(c2ccc(N3CCOCC3)c(Br)n2)N1. The van der Waals surface area contributed by atoms with Gasteiger partial charge in [0.15, 0.2) is 0 Å². The van der Waals surface area contributed by atoms with Crippen LogP contribution in [-0.4, -0.2) is 42.3 Å². The van der Waals surface area contributed by atoms with E-state index in [4.69, 9.17) is 9.72 Å². The van der Waals surface area contributed by atoms with Crippen LogP contribution in [0.25, 0.3) is 0 Å². The molecule has 136 valence electrons. The van der Waals surface area contributed by atoms with E-state index in [1.165, 1.54) is 6.08 Å². The van der Waals surface area contributed by atoms with Crippen molar-refractivity contribution in [3.8, 4) is 0 Å². The average molecular weight is 436 g/mol. The molecule has 1 atom stereocenters. The Labute approximate surface area is 163 Å². The monoisotopic (exact) mass is 435 g/mol. The molecule has 0 bridgehead atoms. The van der Waals surface area contributed by atoms with Crippen LogP contribution in [0, 0.1) is 0 Å². The highest BCUT2D eigenvalue weighted by Gasteiger charge is 2.41. The van der Waals surface area contributed by atoms with Crippen molar-refractivity contribution in [2.24, 2.45) is 0 Å². The van der Waals surface area contributed by atoms with Crippen LogP contribution in [0.15, 0.2) is 45.4 Å². The summed E-state index contributed by atoms with van der Waals surface area (Å²) in [6.45, 7) is 3.02. The quantitative estimate of drug-likeness (QED) is 0.724. The summed E-state index contributed by atoms with van der Waals surface area (Å²) in [7, 11) is 0. The van der Waals surface area contributed by atoms with E-state index in [-0.39, 0.29) is 18.1 Å². The lowest BCUT2D eigenvalue weighted by Crippen LogP contribution is -2.49. The van der Waals surface area contributed by atoms with E-state index in [0.29, 0.717) is 18.9 Å². The molecule has 2 N–H and O–H groups in total. The fraction of sp³-hybridized carbons (Fsp3) is 0.333. The van der Waals surface area contributed by atoms with Crippen molar-refractivity contribution in [3.05, 3.63) is 56.7 Å². The molecule has 2 aromatic heterocycles. The van der Waals surface area contributed by atoms with Crippen molar-refractivity contribution >= 4 is 38.9 Å². The molecule has 0 saturated carbocycles. The lowest BCUT2D eigenvalue weighted by atomic mass is 9.82. The Kier molecular flexibility index (Phi) is 4.73. The van der Waals surface area contributed by atoms with Gasteiger partial charge in [0.1, 0.15) is 15.9 Å². The Morgan fingerprint density at radius 2 is 2.12 bits per heavy atom. The van der Waals surface area contributed by atoms with Crippen molar-refractivity contribution in [2.75, 3.05) is 31.2 Å². The van der Waals surface area contributed by atoms with E-state index in [1.807, 2.05) is 29.0 Å². The number of anilines is 1. The van der Waals surface area contributed by atoms with Crippen molar-refractivity contribution < 1.29 is 14.6 Å². The Morgan fingerprint density at radius 1 is 1.31 bits per heavy atom. The normalized spacial score (nSPS) is 23.5. The number of amides is 1. The maximum absolute atomic E-state index is 12.2. The maximum atomic E-state index is 12.2. The largest absolute Gasteiger partial charge is 0.512 e. The Morgan fingerprint density at radius 3 is 2.77 bits per heavy atom. The van der Waals surface area contributed by atoms with E-state index >= 15 is 0 Å². The first-order valence-corrected chi connectivity index (χ1v) is 10.1. The van der Waals surface area contributed by atoms with Gasteiger partial charge >= 0.3 is 0 Å². The second-order valence-corrected chi connectivity index (χ2v) is 7.86. The summed E-state index contributed by atoms with van der Waals surface area (Å²) in [6.07, 6.45) is 1.49. The molecule has 0 aromatic carbocycles. The third-order valence-corrected chi connectivity index (χ3v) is 5.98. The molecular formula is C18H18BrN3O3S. The van der Waals surface area contributed by atoms with Gasteiger partial charge in [-0.15, -0.1) is 0 Å². The van der Waals surface area contributed by atoms with Crippen LogP contribution in [0.3, 0.4) is 0 Å². The number of ether oxygens (including phenoxy) is 1. The van der Waals surface area contributed by atoms with Crippen LogP contribution in [-0.2, 0) is 15.1 Å². The van der Waals surface area contributed by atoms with E-state index in [9.17, 15) is 9.90 Å². The molecule has 2 aliphatic rings. The van der Waals surface area contributed by atoms with Crippen LogP contribution in [0.4, 0.5) is 5.69 Å². The number of nitrogens with one attached hydrogen (secondary N) is 1. The number of aliphatic hydroxyl groups is 1. The predicted octanol–water partition coefficient (Wildman–Crippen LogP) is 2.95. The first kappa shape index (κ1) is 17.5. The number of carbonyl (C=O) groups excluding carboxylic acids is 1. The number of halogens is 1. The molecule has 26 heavy (non-hydrogen) atoms. The van der Waals surface area contributed by atoms with Gasteiger partial charge in [0.2, 0.25) is 5.91 Å². The predicted molar refractivity (Wildman–Crippen MR) is 104 cm³/mol. The first-order valence-electron chi connectivity index (χ1n) is 8.32. The molecular weight excluding hydrogens is 418 g/mol. The number of morpholine rings is 1. The second-order valence-electron chi connectivity index (χ2n) is 6.32. The van der Waals surface area contributed by atoms with Crippen molar-refractivity contribution in [1.82, 2.24) is 10.3 Å². The maximum Gasteiger partial charge on any atom is 0.248 e. The Bertz CT molecular complexity index is 849. The van der Waals surface area contributed by atoms with Crippen LogP contribution in [0.2, 0.25) is 0 Å². The molecule has 6 nitrogen and oxygen atoms in total. The molecule has 4 rings (SSSR count). The lowest BCUT2D eigenvalue weighted by Gasteiger charge is -2.37. The fourth-order valence-electron chi connectivity index (χ4n) is 3.45. The number of hydrogen-bond donors (Lipinski definition) is 2. The van der Waals surface area contributed by atoms with Crippen LogP contribution in [0.5, 0.6) is 0 Å². The van der Waals surface area contributed by atoms with Gasteiger partial charge in [0.25, 0.3) is 0 Å². The van der Waals surface area contributed by atoms with Gasteiger partial charge < -0.3 is 20.1 Å². The molecule has 1 amide bonds. The molecule has 1 unspecified atom stereocenters. The number of aliphatic hydroxyl groups excluding tert-OH is 1. The van der Waals surface area contributed by atoms with Crippen molar-refractivity contribution in [2.45, 2.75) is 12.0 Å². The van der Waals surface area contributed by atoms with Crippen molar-refractivity contribution in [3.63, 3.8) is 0 Å². The third kappa shape index (κ3) is 3.13. The van der Waals surface area contributed by atoms with Crippen LogP contribution in [0.1, 0.15) is 17.7 Å². The Balaban J connectivity index is 1.76. The average Bonchev–Trinajstić information content (AvgIpc) is 3.17. The summed E-state index contributed by atoms with van der Waals surface area (Å²) in [4.78, 5) is 19.1. The molecule has 8 heteroatoms. The van der Waals surface area contributed by atoms with Gasteiger partial charge in [0, 0.05) is 25.6 Å². The zero-order valence-electron chi connectivity index (χ0n) is 13.9. The van der Waals surface area contributed by atoms with E-state index in [0.717, 1.165) is 28.9 Å². The van der Waals surface area contributed by atoms with Gasteiger partial charge in [-0.25, -0.2) is 4.98 Å². The highest BCUT2D eigenvalue weighted by atomic mass is 79.9. The second kappa shape index (κ2) is 7.02. The summed E-state index contributed by atoms with van der Waals surface area (Å²) >= 11 is 5.13. The number of nitrogens with zero attached hydrogens (tertiary/aromatic N) is 2. The van der Waals surface area contributed by atoms with Crippen LogP contribution < -0.4 is 10.2 Å². The van der Waals surface area contributed by atoms with E-state index < -0.39 is 5.54 Å². The van der Waals surface area contributed by atoms with Gasteiger partial charge in [-0.3, -0.25) is 4.79 Å². The number of pyridine rings is 1. The topological polar surface area (TPSA) is 74.7 Å². The van der Waals surface area contributed by atoms with Crippen molar-refractivity contribution in [1.29, 1.82) is 0 Å². The smallest absolute Gasteiger partial charge is 0.248 e. The molecule has 0 radical (unpaired) electrons. The minimum absolute atomic E-state index is 0.0510. The molecule has 0 aliphatic carbocycles. The minimum Gasteiger partial charge on any atom is -0.512 e. The molecule has 2 aliphatic heterocycles. The van der Waals surface area contributed by atoms with Crippen LogP contribution >= 0.6 is 27.3 Å². The highest BCUT2D eigenvalue weighted by Crippen LogP contribution is 2.39. The zero-order valence-corrected chi connectivity index (χ0v) is 16.3. The zero-order chi connectivity index (χ0) is 18.1. The summed E-state index contributed by atoms with van der Waals surface area (Å²) < 4.78 is 6.13. The summed E-state index contributed by atoms with van der Waals surface area (Å²) in [5, 5.41) is 17.1. The van der Waals surface area contributed by atoms with Gasteiger partial charge in [0.05, 0.1) is 24.6 Å².